The molecule has 2 nitrogen and oxygen atoms in total. The van der Waals surface area contributed by atoms with E-state index < -0.39 is 5.60 Å². The average Bonchev–Trinajstić information content (AvgIpc) is 2.41. The summed E-state index contributed by atoms with van der Waals surface area (Å²) in [5.74, 6) is 0.493. The van der Waals surface area contributed by atoms with Crippen LogP contribution in [0.15, 0.2) is 0 Å². The van der Waals surface area contributed by atoms with Gasteiger partial charge in [0, 0.05) is 12.5 Å². The van der Waals surface area contributed by atoms with E-state index in [-0.39, 0.29) is 0 Å². The minimum absolute atomic E-state index is 0.400. The summed E-state index contributed by atoms with van der Waals surface area (Å²) in [6, 6.07) is 0. The lowest BCUT2D eigenvalue weighted by Crippen LogP contribution is -2.38. The summed E-state index contributed by atoms with van der Waals surface area (Å²) in [4.78, 5) is 2.41. The standard InChI is InChI=1S/C11H23NO/c1-4-12(5-2)9-10-7-6-8-11(10,3)13/h10,13H,4-9H2,1-3H3. The van der Waals surface area contributed by atoms with Crippen molar-refractivity contribution in [2.75, 3.05) is 19.6 Å². The molecule has 13 heavy (non-hydrogen) atoms. The highest BCUT2D eigenvalue weighted by Gasteiger charge is 2.36. The van der Waals surface area contributed by atoms with Crippen LogP contribution in [0, 0.1) is 5.92 Å². The first-order valence-corrected chi connectivity index (χ1v) is 5.55. The maximum Gasteiger partial charge on any atom is 0.0660 e. The van der Waals surface area contributed by atoms with Crippen LogP contribution in [0.4, 0.5) is 0 Å². The minimum Gasteiger partial charge on any atom is -0.390 e. The fourth-order valence-electron chi connectivity index (χ4n) is 2.30. The first-order chi connectivity index (χ1) is 6.10. The van der Waals surface area contributed by atoms with E-state index in [0.717, 1.165) is 26.1 Å². The van der Waals surface area contributed by atoms with Crippen LogP contribution >= 0.6 is 0 Å². The lowest BCUT2D eigenvalue weighted by Gasteiger charge is -2.30. The van der Waals surface area contributed by atoms with Crippen molar-refractivity contribution in [3.8, 4) is 0 Å². The SMILES string of the molecule is CCN(CC)CC1CCCC1(C)O. The van der Waals surface area contributed by atoms with Crippen molar-refractivity contribution in [2.24, 2.45) is 5.92 Å². The van der Waals surface area contributed by atoms with E-state index in [1.54, 1.807) is 0 Å². The van der Waals surface area contributed by atoms with Gasteiger partial charge in [-0.05, 0) is 32.9 Å². The molecular formula is C11H23NO. The first-order valence-electron chi connectivity index (χ1n) is 5.55. The molecule has 0 aromatic heterocycles. The maximum atomic E-state index is 10.1. The van der Waals surface area contributed by atoms with Crippen LogP contribution in [-0.2, 0) is 0 Å². The molecule has 0 aromatic carbocycles. The topological polar surface area (TPSA) is 23.5 Å². The van der Waals surface area contributed by atoms with Gasteiger partial charge >= 0.3 is 0 Å². The number of nitrogens with zero attached hydrogens (tertiary/aromatic N) is 1. The van der Waals surface area contributed by atoms with Crippen LogP contribution < -0.4 is 0 Å². The number of rotatable bonds is 4. The molecule has 1 aliphatic rings. The van der Waals surface area contributed by atoms with Gasteiger partial charge in [0.25, 0.3) is 0 Å². The Kier molecular flexibility index (Phi) is 3.74. The van der Waals surface area contributed by atoms with Crippen molar-refractivity contribution in [3.63, 3.8) is 0 Å². The molecule has 1 rings (SSSR count). The van der Waals surface area contributed by atoms with E-state index >= 15 is 0 Å². The molecule has 0 radical (unpaired) electrons. The van der Waals surface area contributed by atoms with Crippen molar-refractivity contribution >= 4 is 0 Å². The lowest BCUT2D eigenvalue weighted by molar-refractivity contribution is 0.00746. The summed E-state index contributed by atoms with van der Waals surface area (Å²) in [6.45, 7) is 9.64. The van der Waals surface area contributed by atoms with Gasteiger partial charge < -0.3 is 10.0 Å². The summed E-state index contributed by atoms with van der Waals surface area (Å²) in [5, 5.41) is 10.1. The van der Waals surface area contributed by atoms with E-state index in [1.165, 1.54) is 12.8 Å². The van der Waals surface area contributed by atoms with Crippen molar-refractivity contribution in [2.45, 2.75) is 45.6 Å². The molecular weight excluding hydrogens is 162 g/mol. The molecule has 1 aliphatic carbocycles. The Labute approximate surface area is 81.9 Å². The summed E-state index contributed by atoms with van der Waals surface area (Å²) in [7, 11) is 0. The van der Waals surface area contributed by atoms with E-state index in [1.807, 2.05) is 6.92 Å². The first kappa shape index (κ1) is 11.0. The molecule has 2 atom stereocenters. The molecule has 1 N–H and O–H groups in total. The Hall–Kier alpha value is -0.0800. The van der Waals surface area contributed by atoms with Crippen LogP contribution in [0.1, 0.15) is 40.0 Å². The monoisotopic (exact) mass is 185 g/mol. The highest BCUT2D eigenvalue weighted by atomic mass is 16.3. The molecule has 0 heterocycles. The van der Waals surface area contributed by atoms with Crippen molar-refractivity contribution in [3.05, 3.63) is 0 Å². The third-order valence-electron chi connectivity index (χ3n) is 3.49. The highest BCUT2D eigenvalue weighted by Crippen LogP contribution is 2.35. The van der Waals surface area contributed by atoms with Gasteiger partial charge in [0.15, 0.2) is 0 Å². The Morgan fingerprint density at radius 2 is 2.00 bits per heavy atom. The Morgan fingerprint density at radius 1 is 1.38 bits per heavy atom. The van der Waals surface area contributed by atoms with Gasteiger partial charge in [0.05, 0.1) is 5.60 Å². The normalized spacial score (nSPS) is 34.4. The Morgan fingerprint density at radius 3 is 2.38 bits per heavy atom. The van der Waals surface area contributed by atoms with Crippen LogP contribution in [0.25, 0.3) is 0 Å². The van der Waals surface area contributed by atoms with Crippen molar-refractivity contribution in [1.82, 2.24) is 4.90 Å². The third kappa shape index (κ3) is 2.68. The average molecular weight is 185 g/mol. The molecule has 1 saturated carbocycles. The van der Waals surface area contributed by atoms with E-state index in [2.05, 4.69) is 18.7 Å². The molecule has 1 fully saturated rings. The van der Waals surface area contributed by atoms with Crippen molar-refractivity contribution in [1.29, 1.82) is 0 Å². The molecule has 2 unspecified atom stereocenters. The molecule has 0 bridgehead atoms. The molecule has 78 valence electrons. The van der Waals surface area contributed by atoms with Gasteiger partial charge in [-0.3, -0.25) is 0 Å². The number of aliphatic hydroxyl groups is 1. The molecule has 0 amide bonds. The summed E-state index contributed by atoms with van der Waals surface area (Å²) < 4.78 is 0. The fraction of sp³-hybridized carbons (Fsp3) is 1.00. The Balaban J connectivity index is 2.43. The van der Waals surface area contributed by atoms with E-state index in [4.69, 9.17) is 0 Å². The summed E-state index contributed by atoms with van der Waals surface area (Å²) >= 11 is 0. The summed E-state index contributed by atoms with van der Waals surface area (Å²) in [5.41, 5.74) is -0.400. The van der Waals surface area contributed by atoms with Crippen LogP contribution in [0.3, 0.4) is 0 Å². The largest absolute Gasteiger partial charge is 0.390 e. The zero-order valence-corrected chi connectivity index (χ0v) is 9.21. The van der Waals surface area contributed by atoms with Gasteiger partial charge in [0.1, 0.15) is 0 Å². The lowest BCUT2D eigenvalue weighted by atomic mass is 9.92. The van der Waals surface area contributed by atoms with Crippen LogP contribution in [-0.4, -0.2) is 35.2 Å². The molecule has 0 saturated heterocycles. The fourth-order valence-corrected chi connectivity index (χ4v) is 2.30. The van der Waals surface area contributed by atoms with Gasteiger partial charge in [-0.25, -0.2) is 0 Å². The van der Waals surface area contributed by atoms with Crippen LogP contribution in [0.5, 0.6) is 0 Å². The Bertz CT molecular complexity index is 152. The van der Waals surface area contributed by atoms with Gasteiger partial charge in [-0.15, -0.1) is 0 Å². The minimum atomic E-state index is -0.400. The second kappa shape index (κ2) is 4.43. The van der Waals surface area contributed by atoms with Crippen LogP contribution in [0.2, 0.25) is 0 Å². The van der Waals surface area contributed by atoms with Crippen molar-refractivity contribution < 1.29 is 5.11 Å². The number of hydrogen-bond acceptors (Lipinski definition) is 2. The van der Waals surface area contributed by atoms with E-state index in [0.29, 0.717) is 5.92 Å². The van der Waals surface area contributed by atoms with Gasteiger partial charge in [0.2, 0.25) is 0 Å². The molecule has 0 spiro atoms. The quantitative estimate of drug-likeness (QED) is 0.723. The third-order valence-corrected chi connectivity index (χ3v) is 3.49. The van der Waals surface area contributed by atoms with E-state index in [9.17, 15) is 5.11 Å². The summed E-state index contributed by atoms with van der Waals surface area (Å²) in [6.07, 6.45) is 3.38. The molecule has 0 aromatic rings. The zero-order chi connectivity index (χ0) is 9.90. The zero-order valence-electron chi connectivity index (χ0n) is 9.21. The highest BCUT2D eigenvalue weighted by molar-refractivity contribution is 4.89. The predicted octanol–water partition coefficient (Wildman–Crippen LogP) is 1.88. The maximum absolute atomic E-state index is 10.1. The number of hydrogen-bond donors (Lipinski definition) is 1. The molecule has 2 heteroatoms. The van der Waals surface area contributed by atoms with Gasteiger partial charge in [-0.1, -0.05) is 20.3 Å². The predicted molar refractivity (Wildman–Crippen MR) is 55.8 cm³/mol. The van der Waals surface area contributed by atoms with Gasteiger partial charge in [-0.2, -0.15) is 0 Å². The smallest absolute Gasteiger partial charge is 0.0660 e. The second-order valence-electron chi connectivity index (χ2n) is 4.43. The molecule has 0 aliphatic heterocycles. The second-order valence-corrected chi connectivity index (χ2v) is 4.43.